The van der Waals surface area contributed by atoms with E-state index in [-0.39, 0.29) is 5.76 Å². The molecular formula is C6H6O4. The molecule has 4 heteroatoms. The van der Waals surface area contributed by atoms with E-state index in [0.717, 1.165) is 0 Å². The molecule has 0 aromatic carbocycles. The molecule has 0 saturated heterocycles. The summed E-state index contributed by atoms with van der Waals surface area (Å²) in [5, 5.41) is 17.0. The maximum absolute atomic E-state index is 10.1. The zero-order valence-electron chi connectivity index (χ0n) is 5.02. The summed E-state index contributed by atoms with van der Waals surface area (Å²) < 4.78 is 4.63. The highest BCUT2D eigenvalue weighted by atomic mass is 16.4. The van der Waals surface area contributed by atoms with Gasteiger partial charge in [-0.2, -0.15) is 0 Å². The average molecular weight is 142 g/mol. The lowest BCUT2D eigenvalue weighted by Crippen LogP contribution is -2.08. The Morgan fingerprint density at radius 2 is 2.40 bits per heavy atom. The first-order valence-electron chi connectivity index (χ1n) is 2.66. The van der Waals surface area contributed by atoms with Crippen LogP contribution in [-0.4, -0.2) is 16.2 Å². The Kier molecular flexibility index (Phi) is 1.73. The molecule has 54 valence electrons. The molecule has 4 nitrogen and oxygen atoms in total. The molecule has 10 heavy (non-hydrogen) atoms. The zero-order chi connectivity index (χ0) is 7.56. The minimum atomic E-state index is -1.55. The molecule has 1 rings (SSSR count). The summed E-state index contributed by atoms with van der Waals surface area (Å²) >= 11 is 0. The Labute approximate surface area is 56.7 Å². The van der Waals surface area contributed by atoms with Gasteiger partial charge in [0.05, 0.1) is 6.26 Å². The van der Waals surface area contributed by atoms with Gasteiger partial charge in [-0.1, -0.05) is 0 Å². The van der Waals surface area contributed by atoms with Crippen LogP contribution in [0.5, 0.6) is 0 Å². The SMILES string of the molecule is O=C(O)[C@H](O)c1ccco1. The molecule has 0 amide bonds. The lowest BCUT2D eigenvalue weighted by molar-refractivity contribution is -0.147. The fourth-order valence-electron chi connectivity index (χ4n) is 0.569. The van der Waals surface area contributed by atoms with E-state index < -0.39 is 12.1 Å². The van der Waals surface area contributed by atoms with E-state index in [2.05, 4.69) is 4.42 Å². The number of hydrogen-bond donors (Lipinski definition) is 2. The number of carboxylic acids is 1. The number of hydrogen-bond acceptors (Lipinski definition) is 3. The topological polar surface area (TPSA) is 70.7 Å². The minimum Gasteiger partial charge on any atom is -0.479 e. The summed E-state index contributed by atoms with van der Waals surface area (Å²) in [7, 11) is 0. The van der Waals surface area contributed by atoms with Crippen LogP contribution in [0.1, 0.15) is 11.9 Å². The summed E-state index contributed by atoms with van der Waals surface area (Å²) in [6.07, 6.45) is -0.239. The van der Waals surface area contributed by atoms with Gasteiger partial charge in [0.1, 0.15) is 5.76 Å². The summed E-state index contributed by atoms with van der Waals surface area (Å²) in [4.78, 5) is 10.1. The van der Waals surface area contributed by atoms with Crippen LogP contribution in [0.2, 0.25) is 0 Å². The van der Waals surface area contributed by atoms with Gasteiger partial charge in [-0.15, -0.1) is 0 Å². The average Bonchev–Trinajstić information content (AvgIpc) is 2.36. The van der Waals surface area contributed by atoms with Crippen molar-refractivity contribution in [1.29, 1.82) is 0 Å². The second-order valence-corrected chi connectivity index (χ2v) is 1.76. The Morgan fingerprint density at radius 1 is 1.70 bits per heavy atom. The van der Waals surface area contributed by atoms with Crippen LogP contribution in [0.25, 0.3) is 0 Å². The minimum absolute atomic E-state index is 0.0486. The van der Waals surface area contributed by atoms with Crippen molar-refractivity contribution in [3.05, 3.63) is 24.2 Å². The van der Waals surface area contributed by atoms with E-state index in [9.17, 15) is 4.79 Å². The van der Waals surface area contributed by atoms with Crippen LogP contribution in [0, 0.1) is 0 Å². The van der Waals surface area contributed by atoms with Gasteiger partial charge >= 0.3 is 5.97 Å². The number of aliphatic carboxylic acids is 1. The lowest BCUT2D eigenvalue weighted by Gasteiger charge is -1.98. The lowest BCUT2D eigenvalue weighted by atomic mass is 10.3. The summed E-state index contributed by atoms with van der Waals surface area (Å²) in [5.74, 6) is -1.26. The molecule has 1 atom stereocenters. The van der Waals surface area contributed by atoms with Gasteiger partial charge in [0, 0.05) is 0 Å². The number of furan rings is 1. The molecule has 0 aliphatic rings. The van der Waals surface area contributed by atoms with E-state index >= 15 is 0 Å². The van der Waals surface area contributed by atoms with Gasteiger partial charge in [-0.25, -0.2) is 4.79 Å². The third-order valence-electron chi connectivity index (χ3n) is 1.05. The summed E-state index contributed by atoms with van der Waals surface area (Å²) in [5.41, 5.74) is 0. The van der Waals surface area contributed by atoms with Crippen molar-refractivity contribution in [2.45, 2.75) is 6.10 Å². The number of rotatable bonds is 2. The predicted octanol–water partition coefficient (Wildman–Crippen LogP) is 0.398. The van der Waals surface area contributed by atoms with E-state index in [4.69, 9.17) is 10.2 Å². The molecule has 1 aromatic heterocycles. The van der Waals surface area contributed by atoms with Crippen LogP contribution in [0.15, 0.2) is 22.8 Å². The molecule has 1 heterocycles. The third kappa shape index (κ3) is 1.16. The number of aliphatic hydroxyl groups is 1. The van der Waals surface area contributed by atoms with Crippen molar-refractivity contribution in [3.63, 3.8) is 0 Å². The van der Waals surface area contributed by atoms with Crippen molar-refractivity contribution in [1.82, 2.24) is 0 Å². The molecule has 0 saturated carbocycles. The van der Waals surface area contributed by atoms with Crippen molar-refractivity contribution in [3.8, 4) is 0 Å². The fourth-order valence-corrected chi connectivity index (χ4v) is 0.569. The number of aliphatic hydroxyl groups excluding tert-OH is 1. The van der Waals surface area contributed by atoms with Gasteiger partial charge in [0.15, 0.2) is 0 Å². The van der Waals surface area contributed by atoms with Crippen LogP contribution < -0.4 is 0 Å². The van der Waals surface area contributed by atoms with Gasteiger partial charge in [-0.05, 0) is 12.1 Å². The van der Waals surface area contributed by atoms with Gasteiger partial charge in [0.25, 0.3) is 0 Å². The molecule has 0 fully saturated rings. The molecule has 0 aliphatic heterocycles. The van der Waals surface area contributed by atoms with Gasteiger partial charge in [0.2, 0.25) is 6.10 Å². The van der Waals surface area contributed by atoms with Gasteiger partial charge < -0.3 is 14.6 Å². The molecule has 1 aromatic rings. The fraction of sp³-hybridized carbons (Fsp3) is 0.167. The van der Waals surface area contributed by atoms with Crippen molar-refractivity contribution >= 4 is 5.97 Å². The first kappa shape index (κ1) is 6.82. The Bertz CT molecular complexity index is 214. The predicted molar refractivity (Wildman–Crippen MR) is 31.3 cm³/mol. The zero-order valence-corrected chi connectivity index (χ0v) is 5.02. The Hall–Kier alpha value is -1.29. The highest BCUT2D eigenvalue weighted by Crippen LogP contribution is 2.11. The van der Waals surface area contributed by atoms with Gasteiger partial charge in [-0.3, -0.25) is 0 Å². The monoisotopic (exact) mass is 142 g/mol. The normalized spacial score (nSPS) is 12.9. The van der Waals surface area contributed by atoms with E-state index in [1.807, 2.05) is 0 Å². The second-order valence-electron chi connectivity index (χ2n) is 1.76. The molecule has 2 N–H and O–H groups in total. The number of carboxylic acid groups (broad SMARTS) is 1. The molecule has 0 aliphatic carbocycles. The smallest absolute Gasteiger partial charge is 0.340 e. The van der Waals surface area contributed by atoms with Crippen LogP contribution in [-0.2, 0) is 4.79 Å². The van der Waals surface area contributed by atoms with E-state index in [0.29, 0.717) is 0 Å². The highest BCUT2D eigenvalue weighted by Gasteiger charge is 2.17. The van der Waals surface area contributed by atoms with Crippen LogP contribution in [0.3, 0.4) is 0 Å². The first-order chi connectivity index (χ1) is 4.72. The largest absolute Gasteiger partial charge is 0.479 e. The van der Waals surface area contributed by atoms with Crippen LogP contribution >= 0.6 is 0 Å². The molecule has 0 radical (unpaired) electrons. The van der Waals surface area contributed by atoms with Crippen molar-refractivity contribution in [2.24, 2.45) is 0 Å². The highest BCUT2D eigenvalue weighted by molar-refractivity contribution is 5.72. The standard InChI is InChI=1S/C6H6O4/c7-5(6(8)9)4-2-1-3-10-4/h1-3,5,7H,(H,8,9)/t5-/m1/s1. The summed E-state index contributed by atoms with van der Waals surface area (Å²) in [6.45, 7) is 0. The Morgan fingerprint density at radius 3 is 2.80 bits per heavy atom. The van der Waals surface area contributed by atoms with E-state index in [1.165, 1.54) is 18.4 Å². The molecule has 0 bridgehead atoms. The molecular weight excluding hydrogens is 136 g/mol. The molecule has 0 spiro atoms. The summed E-state index contributed by atoms with van der Waals surface area (Å²) in [6, 6.07) is 2.92. The van der Waals surface area contributed by atoms with Crippen molar-refractivity contribution in [2.75, 3.05) is 0 Å². The maximum atomic E-state index is 10.1. The van der Waals surface area contributed by atoms with E-state index in [1.54, 1.807) is 0 Å². The Balaban J connectivity index is 2.77. The quantitative estimate of drug-likeness (QED) is 0.626. The molecule has 0 unspecified atom stereocenters. The number of carbonyl (C=O) groups is 1. The first-order valence-corrected chi connectivity index (χ1v) is 2.66. The van der Waals surface area contributed by atoms with Crippen LogP contribution in [0.4, 0.5) is 0 Å². The maximum Gasteiger partial charge on any atom is 0.340 e. The van der Waals surface area contributed by atoms with Crippen molar-refractivity contribution < 1.29 is 19.4 Å². The third-order valence-corrected chi connectivity index (χ3v) is 1.05. The second kappa shape index (κ2) is 2.53.